The molecule has 0 spiro atoms. The normalized spacial score (nSPS) is 19.9. The summed E-state index contributed by atoms with van der Waals surface area (Å²) in [7, 11) is 0. The molecule has 1 saturated heterocycles. The van der Waals surface area contributed by atoms with E-state index in [-0.39, 0.29) is 0 Å². The van der Waals surface area contributed by atoms with Gasteiger partial charge in [0, 0.05) is 19.1 Å². The Balaban J connectivity index is 1.94. The summed E-state index contributed by atoms with van der Waals surface area (Å²) < 4.78 is 0. The minimum Gasteiger partial charge on any atom is -0.315 e. The maximum Gasteiger partial charge on any atom is 0.0242 e. The number of benzene rings is 1. The van der Waals surface area contributed by atoms with Crippen LogP contribution >= 0.6 is 0 Å². The van der Waals surface area contributed by atoms with Crippen molar-refractivity contribution in [1.29, 1.82) is 0 Å². The van der Waals surface area contributed by atoms with Gasteiger partial charge in [0.25, 0.3) is 0 Å². The number of nitrogens with zero attached hydrogens (tertiary/aromatic N) is 1. The van der Waals surface area contributed by atoms with E-state index >= 15 is 0 Å². The van der Waals surface area contributed by atoms with Crippen molar-refractivity contribution in [2.45, 2.75) is 53.1 Å². The van der Waals surface area contributed by atoms with Crippen LogP contribution in [0.2, 0.25) is 0 Å². The third-order valence-electron chi connectivity index (χ3n) is 4.44. The van der Waals surface area contributed by atoms with Crippen molar-refractivity contribution in [3.63, 3.8) is 0 Å². The number of likely N-dealkylation sites (tertiary alicyclic amines) is 1. The van der Waals surface area contributed by atoms with Crippen molar-refractivity contribution < 1.29 is 0 Å². The first kappa shape index (κ1) is 15.5. The van der Waals surface area contributed by atoms with Crippen LogP contribution in [-0.4, -0.2) is 30.6 Å². The molecule has 0 amide bonds. The van der Waals surface area contributed by atoms with Crippen molar-refractivity contribution in [2.24, 2.45) is 5.92 Å². The highest BCUT2D eigenvalue weighted by molar-refractivity contribution is 5.33. The zero-order valence-corrected chi connectivity index (χ0v) is 13.6. The second-order valence-electron chi connectivity index (χ2n) is 6.69. The second kappa shape index (κ2) is 7.24. The average Bonchev–Trinajstić information content (AvgIpc) is 2.81. The Labute approximate surface area is 124 Å². The smallest absolute Gasteiger partial charge is 0.0242 e. The molecule has 0 aliphatic carbocycles. The summed E-state index contributed by atoms with van der Waals surface area (Å²) in [6, 6.07) is 7.36. The molecule has 1 unspecified atom stereocenters. The molecule has 2 heteroatoms. The Morgan fingerprint density at radius 2 is 1.95 bits per heavy atom. The lowest BCUT2D eigenvalue weighted by Crippen LogP contribution is -2.38. The largest absolute Gasteiger partial charge is 0.315 e. The summed E-state index contributed by atoms with van der Waals surface area (Å²) in [5.74, 6) is 0.739. The molecule has 0 radical (unpaired) electrons. The van der Waals surface area contributed by atoms with Gasteiger partial charge in [0.15, 0.2) is 0 Å². The van der Waals surface area contributed by atoms with E-state index in [0.29, 0.717) is 6.04 Å². The molecule has 0 aromatic heterocycles. The molecule has 1 aromatic carbocycles. The van der Waals surface area contributed by atoms with E-state index in [1.54, 1.807) is 0 Å². The third-order valence-corrected chi connectivity index (χ3v) is 4.44. The van der Waals surface area contributed by atoms with E-state index in [2.05, 4.69) is 56.1 Å². The van der Waals surface area contributed by atoms with Crippen molar-refractivity contribution in [3.8, 4) is 0 Å². The molecular formula is C18H30N2. The van der Waals surface area contributed by atoms with E-state index in [1.807, 2.05) is 0 Å². The molecule has 1 N–H and O–H groups in total. The quantitative estimate of drug-likeness (QED) is 0.854. The Morgan fingerprint density at radius 3 is 2.60 bits per heavy atom. The highest BCUT2D eigenvalue weighted by Gasteiger charge is 2.24. The molecule has 0 saturated carbocycles. The van der Waals surface area contributed by atoms with E-state index in [9.17, 15) is 0 Å². The van der Waals surface area contributed by atoms with Crippen LogP contribution in [-0.2, 0) is 6.54 Å². The summed E-state index contributed by atoms with van der Waals surface area (Å²) >= 11 is 0. The zero-order chi connectivity index (χ0) is 14.5. The Kier molecular flexibility index (Phi) is 5.62. The molecule has 2 nitrogen and oxygen atoms in total. The predicted molar refractivity (Wildman–Crippen MR) is 87.1 cm³/mol. The zero-order valence-electron chi connectivity index (χ0n) is 13.6. The average molecular weight is 274 g/mol. The van der Waals surface area contributed by atoms with Gasteiger partial charge in [-0.1, -0.05) is 32.0 Å². The molecule has 20 heavy (non-hydrogen) atoms. The van der Waals surface area contributed by atoms with Crippen LogP contribution in [0.4, 0.5) is 0 Å². The number of hydrogen-bond acceptors (Lipinski definition) is 2. The van der Waals surface area contributed by atoms with E-state index in [4.69, 9.17) is 0 Å². The lowest BCUT2D eigenvalue weighted by Gasteiger charge is -2.26. The molecule has 1 fully saturated rings. The van der Waals surface area contributed by atoms with Crippen LogP contribution in [0.1, 0.15) is 43.4 Å². The van der Waals surface area contributed by atoms with Gasteiger partial charge in [-0.05, 0) is 62.4 Å². The molecule has 1 aliphatic heterocycles. The first-order valence-electron chi connectivity index (χ1n) is 8.07. The van der Waals surface area contributed by atoms with Crippen molar-refractivity contribution >= 4 is 0 Å². The van der Waals surface area contributed by atoms with E-state index < -0.39 is 0 Å². The number of rotatable bonds is 6. The van der Waals surface area contributed by atoms with Gasteiger partial charge in [-0.25, -0.2) is 0 Å². The Bertz CT molecular complexity index is 405. The first-order valence-corrected chi connectivity index (χ1v) is 8.07. The van der Waals surface area contributed by atoms with Gasteiger partial charge in [-0.3, -0.25) is 4.90 Å². The second-order valence-corrected chi connectivity index (χ2v) is 6.69. The number of aryl methyl sites for hydroxylation is 2. The monoisotopic (exact) mass is 274 g/mol. The summed E-state index contributed by atoms with van der Waals surface area (Å²) in [6.07, 6.45) is 2.69. The van der Waals surface area contributed by atoms with Crippen LogP contribution in [0, 0.1) is 19.8 Å². The Hall–Kier alpha value is -0.860. The topological polar surface area (TPSA) is 15.3 Å². The van der Waals surface area contributed by atoms with Crippen LogP contribution < -0.4 is 5.32 Å². The maximum atomic E-state index is 3.63. The predicted octanol–water partition coefficient (Wildman–Crippen LogP) is 3.51. The molecular weight excluding hydrogens is 244 g/mol. The summed E-state index contributed by atoms with van der Waals surface area (Å²) in [6.45, 7) is 13.7. The molecule has 1 aromatic rings. The van der Waals surface area contributed by atoms with Gasteiger partial charge < -0.3 is 5.32 Å². The SMILES string of the molecule is Cc1cccc(C)c1CN1CCCC1CNCC(C)C. The van der Waals surface area contributed by atoms with E-state index in [1.165, 1.54) is 36.1 Å². The minimum absolute atomic E-state index is 0.716. The highest BCUT2D eigenvalue weighted by Crippen LogP contribution is 2.23. The molecule has 1 atom stereocenters. The molecule has 1 heterocycles. The van der Waals surface area contributed by atoms with Gasteiger partial charge in [0.1, 0.15) is 0 Å². The number of hydrogen-bond donors (Lipinski definition) is 1. The summed E-state index contributed by atoms with van der Waals surface area (Å²) in [5, 5.41) is 3.63. The molecule has 0 bridgehead atoms. The van der Waals surface area contributed by atoms with E-state index in [0.717, 1.165) is 25.6 Å². The van der Waals surface area contributed by atoms with Gasteiger partial charge in [0.05, 0.1) is 0 Å². The molecule has 2 rings (SSSR count). The first-order chi connectivity index (χ1) is 9.58. The van der Waals surface area contributed by atoms with Crippen molar-refractivity contribution in [2.75, 3.05) is 19.6 Å². The fourth-order valence-corrected chi connectivity index (χ4v) is 3.17. The fraction of sp³-hybridized carbons (Fsp3) is 0.667. The van der Waals surface area contributed by atoms with Crippen LogP contribution in [0.5, 0.6) is 0 Å². The van der Waals surface area contributed by atoms with Gasteiger partial charge in [-0.2, -0.15) is 0 Å². The fourth-order valence-electron chi connectivity index (χ4n) is 3.17. The number of nitrogens with one attached hydrogen (secondary N) is 1. The highest BCUT2D eigenvalue weighted by atomic mass is 15.2. The molecule has 112 valence electrons. The third kappa shape index (κ3) is 4.07. The van der Waals surface area contributed by atoms with Gasteiger partial charge in [0.2, 0.25) is 0 Å². The standard InChI is InChI=1S/C18H30N2/c1-14(2)11-19-12-17-9-6-10-20(17)13-18-15(3)7-5-8-16(18)4/h5,7-8,14,17,19H,6,9-13H2,1-4H3. The Morgan fingerprint density at radius 1 is 1.25 bits per heavy atom. The van der Waals surface area contributed by atoms with Gasteiger partial charge in [-0.15, -0.1) is 0 Å². The van der Waals surface area contributed by atoms with Crippen molar-refractivity contribution in [1.82, 2.24) is 10.2 Å². The summed E-state index contributed by atoms with van der Waals surface area (Å²) in [4.78, 5) is 2.67. The molecule has 1 aliphatic rings. The van der Waals surface area contributed by atoms with Crippen LogP contribution in [0.25, 0.3) is 0 Å². The lowest BCUT2D eigenvalue weighted by molar-refractivity contribution is 0.237. The summed E-state index contributed by atoms with van der Waals surface area (Å²) in [5.41, 5.74) is 4.40. The van der Waals surface area contributed by atoms with Gasteiger partial charge >= 0.3 is 0 Å². The lowest BCUT2D eigenvalue weighted by atomic mass is 10.0. The van der Waals surface area contributed by atoms with Crippen LogP contribution in [0.15, 0.2) is 18.2 Å². The maximum absolute atomic E-state index is 3.63. The van der Waals surface area contributed by atoms with Crippen molar-refractivity contribution in [3.05, 3.63) is 34.9 Å². The minimum atomic E-state index is 0.716. The van der Waals surface area contributed by atoms with Crippen LogP contribution in [0.3, 0.4) is 0 Å².